The number of carbonyl (C=O) groups excluding carboxylic acids is 1. The molecule has 3 rings (SSSR count). The van der Waals surface area contributed by atoms with Gasteiger partial charge in [0.25, 0.3) is 5.91 Å². The van der Waals surface area contributed by atoms with Crippen molar-refractivity contribution in [3.05, 3.63) is 47.4 Å². The molecule has 5 heteroatoms. The SMILES string of the molecule is Cc1ccc(C)c(NC(=O)c2cc(N3CCCC3)ncn2)c1. The maximum Gasteiger partial charge on any atom is 0.274 e. The standard InChI is InChI=1S/C17H20N4O/c1-12-5-6-13(2)14(9-12)20-17(22)15-10-16(19-11-18-15)21-7-3-4-8-21/h5-6,9-11H,3-4,7-8H2,1-2H3,(H,20,22). The van der Waals surface area contributed by atoms with E-state index in [4.69, 9.17) is 0 Å². The van der Waals surface area contributed by atoms with Gasteiger partial charge in [0.05, 0.1) is 0 Å². The van der Waals surface area contributed by atoms with Gasteiger partial charge in [-0.05, 0) is 43.9 Å². The lowest BCUT2D eigenvalue weighted by atomic mass is 10.1. The first-order valence-corrected chi connectivity index (χ1v) is 7.59. The predicted molar refractivity (Wildman–Crippen MR) is 87.3 cm³/mol. The topological polar surface area (TPSA) is 58.1 Å². The molecule has 1 saturated heterocycles. The van der Waals surface area contributed by atoms with E-state index in [1.54, 1.807) is 6.07 Å². The lowest BCUT2D eigenvalue weighted by molar-refractivity contribution is 0.102. The molecule has 114 valence electrons. The number of hydrogen-bond donors (Lipinski definition) is 1. The van der Waals surface area contributed by atoms with Crippen molar-refractivity contribution < 1.29 is 4.79 Å². The summed E-state index contributed by atoms with van der Waals surface area (Å²) < 4.78 is 0. The molecule has 2 heterocycles. The van der Waals surface area contributed by atoms with Crippen LogP contribution in [0.1, 0.15) is 34.5 Å². The molecule has 0 atom stereocenters. The first kappa shape index (κ1) is 14.5. The third kappa shape index (κ3) is 3.08. The largest absolute Gasteiger partial charge is 0.357 e. The summed E-state index contributed by atoms with van der Waals surface area (Å²) in [6.45, 7) is 5.97. The second-order valence-electron chi connectivity index (χ2n) is 5.73. The lowest BCUT2D eigenvalue weighted by Gasteiger charge is -2.16. The molecule has 2 aromatic rings. The van der Waals surface area contributed by atoms with Crippen molar-refractivity contribution in [3.63, 3.8) is 0 Å². The number of anilines is 2. The monoisotopic (exact) mass is 296 g/mol. The number of benzene rings is 1. The third-order valence-electron chi connectivity index (χ3n) is 3.96. The summed E-state index contributed by atoms with van der Waals surface area (Å²) in [7, 11) is 0. The number of nitrogens with one attached hydrogen (secondary N) is 1. The van der Waals surface area contributed by atoms with Crippen molar-refractivity contribution >= 4 is 17.4 Å². The van der Waals surface area contributed by atoms with Crippen molar-refractivity contribution in [1.29, 1.82) is 0 Å². The van der Waals surface area contributed by atoms with Crippen LogP contribution in [0.5, 0.6) is 0 Å². The Morgan fingerprint density at radius 3 is 2.68 bits per heavy atom. The van der Waals surface area contributed by atoms with E-state index in [2.05, 4.69) is 20.2 Å². The minimum absolute atomic E-state index is 0.198. The van der Waals surface area contributed by atoms with Crippen LogP contribution in [0.25, 0.3) is 0 Å². The molecule has 0 unspecified atom stereocenters. The molecule has 0 spiro atoms. The van der Waals surface area contributed by atoms with Gasteiger partial charge in [0.1, 0.15) is 17.8 Å². The Morgan fingerprint density at radius 2 is 1.91 bits per heavy atom. The van der Waals surface area contributed by atoms with Crippen LogP contribution in [0.4, 0.5) is 11.5 Å². The molecular weight excluding hydrogens is 276 g/mol. The highest BCUT2D eigenvalue weighted by molar-refractivity contribution is 6.03. The normalized spacial score (nSPS) is 14.2. The number of carbonyl (C=O) groups is 1. The molecule has 22 heavy (non-hydrogen) atoms. The van der Waals surface area contributed by atoms with Gasteiger partial charge in [-0.15, -0.1) is 0 Å². The van der Waals surface area contributed by atoms with Crippen LogP contribution in [0.15, 0.2) is 30.6 Å². The third-order valence-corrected chi connectivity index (χ3v) is 3.96. The fraction of sp³-hybridized carbons (Fsp3) is 0.353. The van der Waals surface area contributed by atoms with Crippen LogP contribution in [0.3, 0.4) is 0 Å². The molecule has 1 fully saturated rings. The van der Waals surface area contributed by atoms with Crippen LogP contribution in [0, 0.1) is 13.8 Å². The molecule has 0 radical (unpaired) electrons. The summed E-state index contributed by atoms with van der Waals surface area (Å²) >= 11 is 0. The Morgan fingerprint density at radius 1 is 1.14 bits per heavy atom. The Hall–Kier alpha value is -2.43. The number of aryl methyl sites for hydroxylation is 2. The summed E-state index contributed by atoms with van der Waals surface area (Å²) in [4.78, 5) is 23.0. The second kappa shape index (κ2) is 6.13. The van der Waals surface area contributed by atoms with Gasteiger partial charge < -0.3 is 10.2 Å². The molecule has 1 N–H and O–H groups in total. The van der Waals surface area contributed by atoms with Crippen molar-refractivity contribution in [2.24, 2.45) is 0 Å². The van der Waals surface area contributed by atoms with Gasteiger partial charge in [-0.2, -0.15) is 0 Å². The Kier molecular flexibility index (Phi) is 4.04. The number of aromatic nitrogens is 2. The Bertz CT molecular complexity index is 693. The molecular formula is C17H20N4O. The minimum Gasteiger partial charge on any atom is -0.357 e. The van der Waals surface area contributed by atoms with Crippen molar-refractivity contribution in [1.82, 2.24) is 9.97 Å². The zero-order valence-corrected chi connectivity index (χ0v) is 13.0. The maximum absolute atomic E-state index is 12.4. The van der Waals surface area contributed by atoms with E-state index in [9.17, 15) is 4.79 Å². The molecule has 1 aliphatic heterocycles. The molecule has 1 amide bonds. The van der Waals surface area contributed by atoms with Crippen molar-refractivity contribution in [3.8, 4) is 0 Å². The fourth-order valence-corrected chi connectivity index (χ4v) is 2.65. The van der Waals surface area contributed by atoms with E-state index in [-0.39, 0.29) is 5.91 Å². The van der Waals surface area contributed by atoms with Gasteiger partial charge in [0.15, 0.2) is 0 Å². The number of amides is 1. The maximum atomic E-state index is 12.4. The molecule has 0 aliphatic carbocycles. The van der Waals surface area contributed by atoms with Crippen LogP contribution in [-0.2, 0) is 0 Å². The van der Waals surface area contributed by atoms with Gasteiger partial charge in [0.2, 0.25) is 0 Å². The van der Waals surface area contributed by atoms with Crippen molar-refractivity contribution in [2.75, 3.05) is 23.3 Å². The minimum atomic E-state index is -0.198. The Balaban J connectivity index is 1.80. The van der Waals surface area contributed by atoms with Crippen LogP contribution in [0.2, 0.25) is 0 Å². The van der Waals surface area contributed by atoms with Gasteiger partial charge in [-0.3, -0.25) is 4.79 Å². The van der Waals surface area contributed by atoms with E-state index < -0.39 is 0 Å². The fourth-order valence-electron chi connectivity index (χ4n) is 2.65. The average molecular weight is 296 g/mol. The van der Waals surface area contributed by atoms with Gasteiger partial charge >= 0.3 is 0 Å². The molecule has 1 aromatic heterocycles. The van der Waals surface area contributed by atoms with Crippen molar-refractivity contribution in [2.45, 2.75) is 26.7 Å². The van der Waals surface area contributed by atoms with Crippen LogP contribution in [-0.4, -0.2) is 29.0 Å². The molecule has 0 saturated carbocycles. The smallest absolute Gasteiger partial charge is 0.274 e. The molecule has 5 nitrogen and oxygen atoms in total. The Labute approximate surface area is 130 Å². The molecule has 1 aliphatic rings. The van der Waals surface area contributed by atoms with Gasteiger partial charge in [-0.25, -0.2) is 9.97 Å². The summed E-state index contributed by atoms with van der Waals surface area (Å²) in [6.07, 6.45) is 3.81. The summed E-state index contributed by atoms with van der Waals surface area (Å²) in [6, 6.07) is 7.77. The van der Waals surface area contributed by atoms with Gasteiger partial charge in [0, 0.05) is 24.8 Å². The predicted octanol–water partition coefficient (Wildman–Crippen LogP) is 2.95. The zero-order chi connectivity index (χ0) is 15.5. The van der Waals surface area contributed by atoms with Crippen LogP contribution < -0.4 is 10.2 Å². The second-order valence-corrected chi connectivity index (χ2v) is 5.73. The summed E-state index contributed by atoms with van der Waals surface area (Å²) in [5, 5.41) is 2.94. The average Bonchev–Trinajstić information content (AvgIpc) is 3.05. The highest BCUT2D eigenvalue weighted by Gasteiger charge is 2.16. The quantitative estimate of drug-likeness (QED) is 0.946. The zero-order valence-electron chi connectivity index (χ0n) is 13.0. The first-order valence-electron chi connectivity index (χ1n) is 7.59. The van der Waals surface area contributed by atoms with E-state index in [1.807, 2.05) is 32.0 Å². The van der Waals surface area contributed by atoms with E-state index in [0.29, 0.717) is 5.69 Å². The van der Waals surface area contributed by atoms with E-state index >= 15 is 0 Å². The van der Waals surface area contributed by atoms with Gasteiger partial charge in [-0.1, -0.05) is 12.1 Å². The lowest BCUT2D eigenvalue weighted by Crippen LogP contribution is -2.21. The highest BCUT2D eigenvalue weighted by atomic mass is 16.1. The number of nitrogens with zero attached hydrogens (tertiary/aromatic N) is 3. The molecule has 0 bridgehead atoms. The summed E-state index contributed by atoms with van der Waals surface area (Å²) in [5.41, 5.74) is 3.37. The number of hydrogen-bond acceptors (Lipinski definition) is 4. The van der Waals surface area contributed by atoms with E-state index in [0.717, 1.165) is 35.7 Å². The van der Waals surface area contributed by atoms with Crippen LogP contribution >= 0.6 is 0 Å². The van der Waals surface area contributed by atoms with E-state index in [1.165, 1.54) is 19.2 Å². The molecule has 1 aromatic carbocycles. The summed E-state index contributed by atoms with van der Waals surface area (Å²) in [5.74, 6) is 0.634. The highest BCUT2D eigenvalue weighted by Crippen LogP contribution is 2.20. The first-order chi connectivity index (χ1) is 10.6. The number of rotatable bonds is 3.